The Labute approximate surface area is 153 Å². The van der Waals surface area contributed by atoms with Gasteiger partial charge in [-0.15, -0.1) is 0 Å². The molecular weight excluding hydrogens is 356 g/mol. The lowest BCUT2D eigenvalue weighted by atomic mass is 10.1. The topological polar surface area (TPSA) is 93.3 Å². The molecule has 1 amide bonds. The highest BCUT2D eigenvalue weighted by atomic mass is 32.2. The molecule has 3 rings (SSSR count). The molecule has 0 N–H and O–H groups in total. The fourth-order valence-corrected chi connectivity index (χ4v) is 4.72. The lowest BCUT2D eigenvalue weighted by Crippen LogP contribution is -2.37. The third-order valence-corrected chi connectivity index (χ3v) is 6.64. The van der Waals surface area contributed by atoms with E-state index in [2.05, 4.69) is 10.2 Å². The van der Waals surface area contributed by atoms with Crippen LogP contribution in [0.25, 0.3) is 0 Å². The first-order chi connectivity index (χ1) is 12.2. The minimum absolute atomic E-state index is 0.0891. The predicted molar refractivity (Wildman–Crippen MR) is 95.2 cm³/mol. The maximum atomic E-state index is 12.9. The summed E-state index contributed by atoms with van der Waals surface area (Å²) in [4.78, 5) is 14.8. The van der Waals surface area contributed by atoms with Crippen molar-refractivity contribution < 1.29 is 13.2 Å². The molecule has 0 atom stereocenters. The Morgan fingerprint density at radius 2 is 1.85 bits per heavy atom. The highest BCUT2D eigenvalue weighted by Crippen LogP contribution is 2.19. The van der Waals surface area contributed by atoms with Gasteiger partial charge in [-0.2, -0.15) is 14.5 Å². The van der Waals surface area contributed by atoms with Crippen LogP contribution in [0.3, 0.4) is 0 Å². The van der Waals surface area contributed by atoms with Gasteiger partial charge < -0.3 is 4.90 Å². The van der Waals surface area contributed by atoms with Crippen LogP contribution in [0.1, 0.15) is 28.2 Å². The third-order valence-electron chi connectivity index (χ3n) is 4.78. The molecule has 0 unspecified atom stereocenters. The van der Waals surface area contributed by atoms with E-state index in [0.717, 1.165) is 5.69 Å². The summed E-state index contributed by atoms with van der Waals surface area (Å²) in [6.45, 7) is 5.20. The molecule has 1 saturated heterocycles. The summed E-state index contributed by atoms with van der Waals surface area (Å²) in [6, 6.07) is 0. The molecule has 2 aromatic heterocycles. The number of aromatic nitrogens is 4. The molecule has 0 aliphatic carbocycles. The van der Waals surface area contributed by atoms with Crippen LogP contribution in [0.2, 0.25) is 0 Å². The van der Waals surface area contributed by atoms with E-state index in [-0.39, 0.29) is 17.3 Å². The van der Waals surface area contributed by atoms with E-state index in [1.807, 2.05) is 20.9 Å². The average Bonchev–Trinajstić information content (AvgIpc) is 3.00. The number of rotatable bonds is 3. The number of carbonyl (C=O) groups excluding carboxylic acids is 1. The van der Waals surface area contributed by atoms with Gasteiger partial charge in [-0.1, -0.05) is 0 Å². The molecule has 142 valence electrons. The molecule has 2 aromatic rings. The van der Waals surface area contributed by atoms with Crippen molar-refractivity contribution in [2.45, 2.75) is 25.2 Å². The lowest BCUT2D eigenvalue weighted by Gasteiger charge is -2.21. The van der Waals surface area contributed by atoms with Gasteiger partial charge in [0.15, 0.2) is 0 Å². The summed E-state index contributed by atoms with van der Waals surface area (Å²) in [6.07, 6.45) is 3.43. The number of hydrogen-bond acceptors (Lipinski definition) is 5. The van der Waals surface area contributed by atoms with Gasteiger partial charge in [0, 0.05) is 52.2 Å². The summed E-state index contributed by atoms with van der Waals surface area (Å²) in [5.41, 5.74) is 2.12. The van der Waals surface area contributed by atoms with Gasteiger partial charge in [0.05, 0.1) is 17.5 Å². The smallest absolute Gasteiger partial charge is 0.257 e. The van der Waals surface area contributed by atoms with E-state index in [9.17, 15) is 13.2 Å². The Morgan fingerprint density at radius 1 is 1.12 bits per heavy atom. The molecule has 1 aliphatic heterocycles. The first kappa shape index (κ1) is 18.6. The Bertz CT molecular complexity index is 930. The molecule has 0 radical (unpaired) electrons. The number of hydrogen-bond donors (Lipinski definition) is 0. The van der Waals surface area contributed by atoms with E-state index < -0.39 is 10.0 Å². The second-order valence-corrected chi connectivity index (χ2v) is 8.51. The van der Waals surface area contributed by atoms with Gasteiger partial charge in [-0.05, 0) is 20.3 Å². The van der Waals surface area contributed by atoms with Crippen molar-refractivity contribution in [2.75, 3.05) is 26.2 Å². The zero-order valence-electron chi connectivity index (χ0n) is 15.5. The van der Waals surface area contributed by atoms with Crippen molar-refractivity contribution in [3.8, 4) is 0 Å². The van der Waals surface area contributed by atoms with Crippen molar-refractivity contribution in [1.29, 1.82) is 0 Å². The van der Waals surface area contributed by atoms with Crippen molar-refractivity contribution in [1.82, 2.24) is 28.8 Å². The van der Waals surface area contributed by atoms with Crippen LogP contribution in [0.5, 0.6) is 0 Å². The van der Waals surface area contributed by atoms with Crippen LogP contribution in [0.4, 0.5) is 0 Å². The number of carbonyl (C=O) groups is 1. The summed E-state index contributed by atoms with van der Waals surface area (Å²) in [5, 5.41) is 8.24. The van der Waals surface area contributed by atoms with Crippen molar-refractivity contribution >= 4 is 15.9 Å². The van der Waals surface area contributed by atoms with Crippen LogP contribution in [0, 0.1) is 13.8 Å². The molecule has 1 aliphatic rings. The summed E-state index contributed by atoms with van der Waals surface area (Å²) in [7, 11) is -0.105. The zero-order valence-corrected chi connectivity index (χ0v) is 16.3. The number of aryl methyl sites for hydroxylation is 3. The Hall–Kier alpha value is -2.20. The van der Waals surface area contributed by atoms with E-state index >= 15 is 0 Å². The Balaban J connectivity index is 1.77. The fourth-order valence-electron chi connectivity index (χ4n) is 3.26. The monoisotopic (exact) mass is 380 g/mol. The molecule has 0 aromatic carbocycles. The number of nitrogens with zero attached hydrogens (tertiary/aromatic N) is 6. The second kappa shape index (κ2) is 6.84. The second-order valence-electron chi connectivity index (χ2n) is 6.57. The first-order valence-corrected chi connectivity index (χ1v) is 9.94. The molecule has 0 bridgehead atoms. The normalized spacial score (nSPS) is 16.7. The quantitative estimate of drug-likeness (QED) is 0.764. The van der Waals surface area contributed by atoms with Crippen LogP contribution in [-0.2, 0) is 24.1 Å². The summed E-state index contributed by atoms with van der Waals surface area (Å²) >= 11 is 0. The van der Waals surface area contributed by atoms with Crippen LogP contribution < -0.4 is 0 Å². The lowest BCUT2D eigenvalue weighted by molar-refractivity contribution is 0.0762. The van der Waals surface area contributed by atoms with E-state index in [1.165, 1.54) is 21.4 Å². The fraction of sp³-hybridized carbons (Fsp3) is 0.562. The minimum atomic E-state index is -3.59. The van der Waals surface area contributed by atoms with E-state index in [1.54, 1.807) is 16.6 Å². The molecule has 3 heterocycles. The molecule has 0 saturated carbocycles. The van der Waals surface area contributed by atoms with Gasteiger partial charge in [0.2, 0.25) is 10.0 Å². The molecule has 0 spiro atoms. The van der Waals surface area contributed by atoms with Crippen molar-refractivity contribution in [3.05, 3.63) is 29.3 Å². The summed E-state index contributed by atoms with van der Waals surface area (Å²) in [5.74, 6) is -0.0891. The molecular formula is C16H24N6O3S. The van der Waals surface area contributed by atoms with Gasteiger partial charge in [-0.25, -0.2) is 8.42 Å². The molecule has 26 heavy (non-hydrogen) atoms. The molecule has 9 nitrogen and oxygen atoms in total. The van der Waals surface area contributed by atoms with Gasteiger partial charge in [-0.3, -0.25) is 14.2 Å². The average molecular weight is 380 g/mol. The van der Waals surface area contributed by atoms with Gasteiger partial charge >= 0.3 is 0 Å². The van der Waals surface area contributed by atoms with Crippen LogP contribution in [-0.4, -0.2) is 69.3 Å². The molecule has 10 heteroatoms. The predicted octanol–water partition coefficient (Wildman–Crippen LogP) is 0.307. The number of amides is 1. The third kappa shape index (κ3) is 3.26. The SMILES string of the molecule is Cc1nn(C)c(C)c1C(=O)N1CCCN(S(=O)(=O)c2cnn(C)c2)CC1. The first-order valence-electron chi connectivity index (χ1n) is 8.50. The van der Waals surface area contributed by atoms with E-state index in [0.29, 0.717) is 37.3 Å². The van der Waals surface area contributed by atoms with Crippen LogP contribution in [0.15, 0.2) is 17.3 Å². The Kier molecular flexibility index (Phi) is 4.89. The van der Waals surface area contributed by atoms with Crippen molar-refractivity contribution in [2.24, 2.45) is 14.1 Å². The largest absolute Gasteiger partial charge is 0.337 e. The van der Waals surface area contributed by atoms with Gasteiger partial charge in [0.25, 0.3) is 5.91 Å². The van der Waals surface area contributed by atoms with E-state index in [4.69, 9.17) is 0 Å². The van der Waals surface area contributed by atoms with Gasteiger partial charge in [0.1, 0.15) is 4.90 Å². The minimum Gasteiger partial charge on any atom is -0.337 e. The molecule has 1 fully saturated rings. The standard InChI is InChI=1S/C16H24N6O3S/c1-12-15(13(2)20(4)18-12)16(23)21-6-5-7-22(9-8-21)26(24,25)14-10-17-19(3)11-14/h10-11H,5-9H2,1-4H3. The highest BCUT2D eigenvalue weighted by Gasteiger charge is 2.30. The maximum Gasteiger partial charge on any atom is 0.257 e. The number of sulfonamides is 1. The zero-order chi connectivity index (χ0) is 19.1. The Morgan fingerprint density at radius 3 is 2.42 bits per heavy atom. The highest BCUT2D eigenvalue weighted by molar-refractivity contribution is 7.89. The van der Waals surface area contributed by atoms with Crippen molar-refractivity contribution in [3.63, 3.8) is 0 Å². The maximum absolute atomic E-state index is 12.9. The van der Waals surface area contributed by atoms with Crippen LogP contribution >= 0.6 is 0 Å². The summed E-state index contributed by atoms with van der Waals surface area (Å²) < 4.78 is 30.1.